The predicted molar refractivity (Wildman–Crippen MR) is 81.0 cm³/mol. The van der Waals surface area contributed by atoms with E-state index in [1.54, 1.807) is 19.1 Å². The molecule has 0 unspecified atom stereocenters. The minimum atomic E-state index is -0.534. The Morgan fingerprint density at radius 2 is 1.85 bits per heavy atom. The molecular weight excluding hydrogens is 299 g/mol. The number of benzene rings is 1. The fourth-order valence-electron chi connectivity index (χ4n) is 1.68. The first-order chi connectivity index (χ1) is 9.38. The first-order valence-corrected chi connectivity index (χ1v) is 6.60. The number of hydrogen-bond acceptors (Lipinski definition) is 2. The van der Waals surface area contributed by atoms with Gasteiger partial charge in [0.05, 0.1) is 10.7 Å². The van der Waals surface area contributed by atoms with Gasteiger partial charge in [0.1, 0.15) is 5.56 Å². The van der Waals surface area contributed by atoms with Gasteiger partial charge in [-0.25, -0.2) is 0 Å². The number of rotatable bonds is 2. The average molecular weight is 311 g/mol. The summed E-state index contributed by atoms with van der Waals surface area (Å²) in [5, 5.41) is 3.43. The molecular formula is C14H12Cl2N2O2. The molecule has 1 heterocycles. The summed E-state index contributed by atoms with van der Waals surface area (Å²) in [6, 6.07) is 4.57. The fraction of sp³-hybridized carbons (Fsp3) is 0.143. The molecule has 1 aromatic heterocycles. The molecule has 0 atom stereocenters. The summed E-state index contributed by atoms with van der Waals surface area (Å²) in [5.41, 5.74) is 1.52. The average Bonchev–Trinajstić information content (AvgIpc) is 2.35. The third-order valence-electron chi connectivity index (χ3n) is 2.80. The Morgan fingerprint density at radius 1 is 1.15 bits per heavy atom. The lowest BCUT2D eigenvalue weighted by Crippen LogP contribution is -2.21. The van der Waals surface area contributed by atoms with E-state index >= 15 is 0 Å². The van der Waals surface area contributed by atoms with Crippen molar-refractivity contribution in [1.82, 2.24) is 4.98 Å². The second-order valence-corrected chi connectivity index (χ2v) is 5.24. The molecule has 2 aromatic rings. The molecule has 0 saturated carbocycles. The highest BCUT2D eigenvalue weighted by Crippen LogP contribution is 2.28. The minimum absolute atomic E-state index is 0.0170. The van der Waals surface area contributed by atoms with Gasteiger partial charge in [0, 0.05) is 23.0 Å². The second kappa shape index (κ2) is 5.69. The lowest BCUT2D eigenvalue weighted by molar-refractivity contribution is 0.102. The van der Waals surface area contributed by atoms with E-state index in [9.17, 15) is 9.59 Å². The van der Waals surface area contributed by atoms with Gasteiger partial charge in [0.25, 0.3) is 5.91 Å². The van der Waals surface area contributed by atoms with Gasteiger partial charge in [0.2, 0.25) is 0 Å². The molecule has 1 amide bonds. The predicted octanol–water partition coefficient (Wildman–Crippen LogP) is 3.55. The monoisotopic (exact) mass is 310 g/mol. The zero-order chi connectivity index (χ0) is 14.9. The van der Waals surface area contributed by atoms with Gasteiger partial charge in [-0.15, -0.1) is 0 Å². The van der Waals surface area contributed by atoms with Gasteiger partial charge < -0.3 is 10.3 Å². The molecule has 0 aliphatic carbocycles. The largest absolute Gasteiger partial charge is 0.364 e. The van der Waals surface area contributed by atoms with Crippen LogP contribution in [0.5, 0.6) is 0 Å². The number of aromatic nitrogens is 1. The third-order valence-corrected chi connectivity index (χ3v) is 3.52. The molecule has 20 heavy (non-hydrogen) atoms. The number of hydrogen-bond donors (Lipinski definition) is 2. The number of halogens is 2. The third kappa shape index (κ3) is 3.03. The summed E-state index contributed by atoms with van der Waals surface area (Å²) in [5.74, 6) is -0.534. The molecule has 0 aliphatic rings. The molecule has 6 heteroatoms. The van der Waals surface area contributed by atoms with E-state index in [1.807, 2.05) is 6.92 Å². The van der Waals surface area contributed by atoms with Gasteiger partial charge >= 0.3 is 0 Å². The van der Waals surface area contributed by atoms with Crippen molar-refractivity contribution in [1.29, 1.82) is 0 Å². The molecule has 2 rings (SSSR count). The zero-order valence-corrected chi connectivity index (χ0v) is 12.4. The van der Waals surface area contributed by atoms with Crippen LogP contribution in [0.2, 0.25) is 10.0 Å². The van der Waals surface area contributed by atoms with Crippen LogP contribution >= 0.6 is 23.2 Å². The maximum Gasteiger partial charge on any atom is 0.261 e. The molecule has 0 aliphatic heterocycles. The van der Waals surface area contributed by atoms with Crippen molar-refractivity contribution in [3.63, 3.8) is 0 Å². The Bertz CT molecular complexity index is 738. The molecule has 0 saturated heterocycles. The molecule has 104 valence electrons. The quantitative estimate of drug-likeness (QED) is 0.891. The van der Waals surface area contributed by atoms with Crippen molar-refractivity contribution >= 4 is 34.8 Å². The number of carbonyl (C=O) groups excluding carboxylic acids is 1. The molecule has 1 aromatic carbocycles. The highest BCUT2D eigenvalue weighted by molar-refractivity contribution is 6.36. The van der Waals surface area contributed by atoms with Crippen LogP contribution in [0.25, 0.3) is 0 Å². The van der Waals surface area contributed by atoms with E-state index in [2.05, 4.69) is 10.3 Å². The Balaban J connectivity index is 2.33. The number of amides is 1. The number of aromatic amines is 1. The highest BCUT2D eigenvalue weighted by Gasteiger charge is 2.13. The highest BCUT2D eigenvalue weighted by atomic mass is 35.5. The SMILES string of the molecule is Cc1cc(=O)c(C(=O)Nc2cc(Cl)c(C)cc2Cl)c[nH]1. The van der Waals surface area contributed by atoms with Gasteiger partial charge in [-0.2, -0.15) is 0 Å². The van der Waals surface area contributed by atoms with Gasteiger partial charge in [0.15, 0.2) is 5.43 Å². The van der Waals surface area contributed by atoms with E-state index in [-0.39, 0.29) is 11.0 Å². The van der Waals surface area contributed by atoms with E-state index in [4.69, 9.17) is 23.2 Å². The van der Waals surface area contributed by atoms with Gasteiger partial charge in [-0.05, 0) is 31.5 Å². The summed E-state index contributed by atoms with van der Waals surface area (Å²) in [6.45, 7) is 3.55. The van der Waals surface area contributed by atoms with Crippen molar-refractivity contribution in [2.75, 3.05) is 5.32 Å². The van der Waals surface area contributed by atoms with E-state index in [0.717, 1.165) is 5.56 Å². The molecule has 4 nitrogen and oxygen atoms in total. The molecule has 0 radical (unpaired) electrons. The number of anilines is 1. The summed E-state index contributed by atoms with van der Waals surface area (Å²) in [6.07, 6.45) is 1.37. The number of H-pyrrole nitrogens is 1. The lowest BCUT2D eigenvalue weighted by atomic mass is 10.2. The summed E-state index contributed by atoms with van der Waals surface area (Å²) < 4.78 is 0. The number of carbonyl (C=O) groups is 1. The summed E-state index contributed by atoms with van der Waals surface area (Å²) >= 11 is 12.0. The summed E-state index contributed by atoms with van der Waals surface area (Å²) in [4.78, 5) is 26.6. The van der Waals surface area contributed by atoms with Crippen molar-refractivity contribution in [2.24, 2.45) is 0 Å². The topological polar surface area (TPSA) is 62.0 Å². The van der Waals surface area contributed by atoms with Crippen LogP contribution in [-0.4, -0.2) is 10.9 Å². The van der Waals surface area contributed by atoms with Crippen molar-refractivity contribution in [3.8, 4) is 0 Å². The van der Waals surface area contributed by atoms with Crippen LogP contribution in [0.1, 0.15) is 21.6 Å². The van der Waals surface area contributed by atoms with Gasteiger partial charge in [-0.3, -0.25) is 9.59 Å². The van der Waals surface area contributed by atoms with Crippen molar-refractivity contribution < 1.29 is 4.79 Å². The zero-order valence-electron chi connectivity index (χ0n) is 10.9. The number of aryl methyl sites for hydroxylation is 2. The fourth-order valence-corrected chi connectivity index (χ4v) is 2.11. The normalized spacial score (nSPS) is 10.4. The molecule has 0 fully saturated rings. The second-order valence-electron chi connectivity index (χ2n) is 4.43. The minimum Gasteiger partial charge on any atom is -0.364 e. The lowest BCUT2D eigenvalue weighted by Gasteiger charge is -2.09. The van der Waals surface area contributed by atoms with Crippen molar-refractivity contribution in [3.05, 3.63) is 61.5 Å². The van der Waals surface area contributed by atoms with Crippen LogP contribution in [0.3, 0.4) is 0 Å². The Labute approximate surface area is 125 Å². The van der Waals surface area contributed by atoms with E-state index in [1.165, 1.54) is 12.3 Å². The first-order valence-electron chi connectivity index (χ1n) is 5.85. The first kappa shape index (κ1) is 14.6. The molecule has 2 N–H and O–H groups in total. The summed E-state index contributed by atoms with van der Waals surface area (Å²) in [7, 11) is 0. The Hall–Kier alpha value is -1.78. The van der Waals surface area contributed by atoms with Crippen LogP contribution in [0.4, 0.5) is 5.69 Å². The number of pyridine rings is 1. The van der Waals surface area contributed by atoms with Crippen LogP contribution in [0.15, 0.2) is 29.2 Å². The van der Waals surface area contributed by atoms with E-state index in [0.29, 0.717) is 21.4 Å². The maximum absolute atomic E-state index is 12.1. The van der Waals surface area contributed by atoms with Crippen LogP contribution in [0, 0.1) is 13.8 Å². The Morgan fingerprint density at radius 3 is 2.50 bits per heavy atom. The number of nitrogens with one attached hydrogen (secondary N) is 2. The molecule has 0 bridgehead atoms. The maximum atomic E-state index is 12.1. The molecule has 0 spiro atoms. The Kier molecular flexibility index (Phi) is 4.16. The van der Waals surface area contributed by atoms with Crippen LogP contribution < -0.4 is 10.7 Å². The van der Waals surface area contributed by atoms with Crippen LogP contribution in [-0.2, 0) is 0 Å². The smallest absolute Gasteiger partial charge is 0.261 e. The standard InChI is InChI=1S/C14H12Cl2N2O2/c1-7-3-11(16)12(5-10(7)15)18-14(20)9-6-17-8(2)4-13(9)19/h3-6H,1-2H3,(H,17,19)(H,18,20). The van der Waals surface area contributed by atoms with Crippen molar-refractivity contribution in [2.45, 2.75) is 13.8 Å². The van der Waals surface area contributed by atoms with E-state index < -0.39 is 5.91 Å². The van der Waals surface area contributed by atoms with Gasteiger partial charge in [-0.1, -0.05) is 23.2 Å².